The Balaban J connectivity index is 2.18. The molecule has 0 heterocycles. The van der Waals surface area contributed by atoms with E-state index in [2.05, 4.69) is 0 Å². The van der Waals surface area contributed by atoms with Crippen molar-refractivity contribution in [2.45, 2.75) is 57.3 Å². The first kappa shape index (κ1) is 14.3. The Morgan fingerprint density at radius 3 is 2.74 bits per heavy atom. The molecular formula is C15H21FO3. The Morgan fingerprint density at radius 1 is 1.26 bits per heavy atom. The van der Waals surface area contributed by atoms with Gasteiger partial charge in [-0.15, -0.1) is 0 Å². The zero-order valence-corrected chi connectivity index (χ0v) is 11.2. The van der Waals surface area contributed by atoms with Gasteiger partial charge in [0.25, 0.3) is 0 Å². The van der Waals surface area contributed by atoms with Crippen LogP contribution in [0, 0.1) is 5.82 Å². The fourth-order valence-electron chi connectivity index (χ4n) is 2.51. The molecule has 2 rings (SSSR count). The quantitative estimate of drug-likeness (QED) is 0.829. The third-order valence-corrected chi connectivity index (χ3v) is 3.62. The lowest BCUT2D eigenvalue weighted by atomic mass is 10.1. The van der Waals surface area contributed by atoms with Crippen LogP contribution in [0.4, 0.5) is 4.39 Å². The van der Waals surface area contributed by atoms with Crippen LogP contribution in [-0.2, 0) is 0 Å². The predicted molar refractivity (Wildman–Crippen MR) is 70.5 cm³/mol. The molecule has 4 heteroatoms. The second kappa shape index (κ2) is 6.35. The minimum absolute atomic E-state index is 0.318. The van der Waals surface area contributed by atoms with E-state index in [1.165, 1.54) is 18.2 Å². The molecule has 1 aromatic rings. The maximum absolute atomic E-state index is 13.3. The molecule has 1 aliphatic rings. The summed E-state index contributed by atoms with van der Waals surface area (Å²) < 4.78 is 19.1. The third-order valence-electron chi connectivity index (χ3n) is 3.62. The van der Waals surface area contributed by atoms with Gasteiger partial charge in [0.05, 0.1) is 12.2 Å². The van der Waals surface area contributed by atoms with E-state index in [1.54, 1.807) is 6.92 Å². The van der Waals surface area contributed by atoms with Crippen LogP contribution >= 0.6 is 0 Å². The molecule has 0 amide bonds. The van der Waals surface area contributed by atoms with Crippen LogP contribution in [0.15, 0.2) is 18.2 Å². The highest BCUT2D eigenvalue weighted by Crippen LogP contribution is 2.30. The zero-order valence-electron chi connectivity index (χ0n) is 11.2. The molecule has 3 atom stereocenters. The molecule has 2 N–H and O–H groups in total. The summed E-state index contributed by atoms with van der Waals surface area (Å²) in [5, 5.41) is 19.7. The normalized spacial score (nSPS) is 25.7. The van der Waals surface area contributed by atoms with Crippen LogP contribution in [0.25, 0.3) is 0 Å². The maximum atomic E-state index is 13.3. The average Bonchev–Trinajstić information content (AvgIpc) is 2.55. The lowest BCUT2D eigenvalue weighted by Gasteiger charge is -2.24. The van der Waals surface area contributed by atoms with E-state index in [-0.39, 0.29) is 6.10 Å². The molecular weight excluding hydrogens is 247 g/mol. The van der Waals surface area contributed by atoms with Gasteiger partial charge in [-0.1, -0.05) is 12.8 Å². The van der Waals surface area contributed by atoms with E-state index in [9.17, 15) is 14.6 Å². The van der Waals surface area contributed by atoms with Gasteiger partial charge in [0.15, 0.2) is 0 Å². The largest absolute Gasteiger partial charge is 0.487 e. The minimum Gasteiger partial charge on any atom is -0.487 e. The zero-order chi connectivity index (χ0) is 13.8. The summed E-state index contributed by atoms with van der Waals surface area (Å²) in [7, 11) is 0. The van der Waals surface area contributed by atoms with Crippen LogP contribution in [0.5, 0.6) is 5.75 Å². The summed E-state index contributed by atoms with van der Waals surface area (Å²) in [6.45, 7) is 1.61. The van der Waals surface area contributed by atoms with Gasteiger partial charge in [0.2, 0.25) is 0 Å². The van der Waals surface area contributed by atoms with Crippen molar-refractivity contribution in [3.8, 4) is 5.75 Å². The Hall–Kier alpha value is -1.13. The van der Waals surface area contributed by atoms with Gasteiger partial charge >= 0.3 is 0 Å². The van der Waals surface area contributed by atoms with E-state index in [4.69, 9.17) is 4.74 Å². The molecule has 3 nitrogen and oxygen atoms in total. The standard InChI is InChI=1S/C15H21FO3/c1-10(17)12-8-7-11(16)9-15(12)19-14-6-4-2-3-5-13(14)18/h7-10,13-14,17-18H,2-6H2,1H3/t10-,13?,14?/m1/s1. The molecule has 0 aromatic heterocycles. The number of aliphatic hydroxyl groups is 2. The van der Waals surface area contributed by atoms with Gasteiger partial charge in [0, 0.05) is 11.6 Å². The molecule has 1 aliphatic carbocycles. The van der Waals surface area contributed by atoms with E-state index in [0.717, 1.165) is 25.7 Å². The summed E-state index contributed by atoms with van der Waals surface area (Å²) in [5.74, 6) is -0.0662. The van der Waals surface area contributed by atoms with Gasteiger partial charge in [0.1, 0.15) is 17.7 Å². The third kappa shape index (κ3) is 3.67. The van der Waals surface area contributed by atoms with E-state index in [0.29, 0.717) is 17.7 Å². The maximum Gasteiger partial charge on any atom is 0.128 e. The van der Waals surface area contributed by atoms with Crippen molar-refractivity contribution in [2.75, 3.05) is 0 Å². The summed E-state index contributed by atoms with van der Waals surface area (Å²) in [6, 6.07) is 4.11. The second-order valence-corrected chi connectivity index (χ2v) is 5.22. The molecule has 2 unspecified atom stereocenters. The fraction of sp³-hybridized carbons (Fsp3) is 0.600. The summed E-state index contributed by atoms with van der Waals surface area (Å²) in [4.78, 5) is 0. The van der Waals surface area contributed by atoms with Gasteiger partial charge < -0.3 is 14.9 Å². The van der Waals surface area contributed by atoms with Crippen molar-refractivity contribution in [3.63, 3.8) is 0 Å². The Morgan fingerprint density at radius 2 is 2.00 bits per heavy atom. The van der Waals surface area contributed by atoms with Crippen molar-refractivity contribution < 1.29 is 19.3 Å². The first-order chi connectivity index (χ1) is 9.08. The summed E-state index contributed by atoms with van der Waals surface area (Å²) in [6.07, 6.45) is 2.99. The fourth-order valence-corrected chi connectivity index (χ4v) is 2.51. The second-order valence-electron chi connectivity index (χ2n) is 5.22. The monoisotopic (exact) mass is 268 g/mol. The van der Waals surface area contributed by atoms with Crippen LogP contribution < -0.4 is 4.74 Å². The number of rotatable bonds is 3. The highest BCUT2D eigenvalue weighted by molar-refractivity contribution is 5.35. The van der Waals surface area contributed by atoms with Crippen molar-refractivity contribution in [1.29, 1.82) is 0 Å². The Bertz CT molecular complexity index is 420. The number of hydrogen-bond acceptors (Lipinski definition) is 3. The van der Waals surface area contributed by atoms with Crippen molar-refractivity contribution >= 4 is 0 Å². The molecule has 0 saturated heterocycles. The van der Waals surface area contributed by atoms with Crippen LogP contribution in [0.2, 0.25) is 0 Å². The number of ether oxygens (including phenoxy) is 1. The first-order valence-electron chi connectivity index (χ1n) is 6.90. The van der Waals surface area contributed by atoms with Crippen molar-refractivity contribution in [2.24, 2.45) is 0 Å². The van der Waals surface area contributed by atoms with Gasteiger partial charge in [-0.2, -0.15) is 0 Å². The van der Waals surface area contributed by atoms with Gasteiger partial charge in [-0.25, -0.2) is 4.39 Å². The Labute approximate surface area is 113 Å². The molecule has 0 aliphatic heterocycles. The lowest BCUT2D eigenvalue weighted by Crippen LogP contribution is -2.31. The molecule has 106 valence electrons. The Kier molecular flexibility index (Phi) is 4.77. The number of hydrogen-bond donors (Lipinski definition) is 2. The topological polar surface area (TPSA) is 49.7 Å². The number of aliphatic hydroxyl groups excluding tert-OH is 2. The molecule has 0 radical (unpaired) electrons. The van der Waals surface area contributed by atoms with Crippen LogP contribution in [0.1, 0.15) is 50.7 Å². The minimum atomic E-state index is -0.724. The number of halogens is 1. The van der Waals surface area contributed by atoms with E-state index in [1.807, 2.05) is 0 Å². The van der Waals surface area contributed by atoms with E-state index < -0.39 is 18.0 Å². The lowest BCUT2D eigenvalue weighted by molar-refractivity contribution is 0.0297. The van der Waals surface area contributed by atoms with E-state index >= 15 is 0 Å². The number of benzene rings is 1. The molecule has 1 fully saturated rings. The highest BCUT2D eigenvalue weighted by Gasteiger charge is 2.24. The molecule has 0 spiro atoms. The van der Waals surface area contributed by atoms with Crippen LogP contribution in [0.3, 0.4) is 0 Å². The highest BCUT2D eigenvalue weighted by atomic mass is 19.1. The molecule has 19 heavy (non-hydrogen) atoms. The molecule has 1 aromatic carbocycles. The van der Waals surface area contributed by atoms with Gasteiger partial charge in [-0.3, -0.25) is 0 Å². The van der Waals surface area contributed by atoms with Crippen molar-refractivity contribution in [3.05, 3.63) is 29.6 Å². The van der Waals surface area contributed by atoms with Crippen molar-refractivity contribution in [1.82, 2.24) is 0 Å². The summed E-state index contributed by atoms with van der Waals surface area (Å²) in [5.41, 5.74) is 0.554. The summed E-state index contributed by atoms with van der Waals surface area (Å²) >= 11 is 0. The van der Waals surface area contributed by atoms with Gasteiger partial charge in [-0.05, 0) is 38.3 Å². The SMILES string of the molecule is C[C@@H](O)c1ccc(F)cc1OC1CCCCCC1O. The van der Waals surface area contributed by atoms with Crippen LogP contribution in [-0.4, -0.2) is 22.4 Å². The average molecular weight is 268 g/mol. The first-order valence-corrected chi connectivity index (χ1v) is 6.90. The smallest absolute Gasteiger partial charge is 0.128 e. The molecule has 1 saturated carbocycles. The predicted octanol–water partition coefficient (Wildman–Crippen LogP) is 2.95. The molecule has 0 bridgehead atoms.